The average Bonchev–Trinajstić information content (AvgIpc) is 3.08. The highest BCUT2D eigenvalue weighted by atomic mass is 16.5. The van der Waals surface area contributed by atoms with Gasteiger partial charge in [0, 0.05) is 5.41 Å². The molecule has 2 saturated carbocycles. The van der Waals surface area contributed by atoms with E-state index in [2.05, 4.69) is 12.1 Å². The Labute approximate surface area is 121 Å². The largest absolute Gasteiger partial charge is 0.339 e. The first-order valence-corrected chi connectivity index (χ1v) is 8.32. The van der Waals surface area contributed by atoms with Crippen LogP contribution in [0.3, 0.4) is 0 Å². The lowest BCUT2D eigenvalue weighted by molar-refractivity contribution is 0.266. The van der Waals surface area contributed by atoms with Crippen molar-refractivity contribution in [1.82, 2.24) is 10.1 Å². The summed E-state index contributed by atoms with van der Waals surface area (Å²) in [7, 11) is 0. The fourth-order valence-electron chi connectivity index (χ4n) is 3.99. The van der Waals surface area contributed by atoms with Gasteiger partial charge in [0.2, 0.25) is 5.89 Å². The Morgan fingerprint density at radius 3 is 2.20 bits per heavy atom. The van der Waals surface area contributed by atoms with Crippen LogP contribution in [0, 0.1) is 0 Å². The van der Waals surface area contributed by atoms with Gasteiger partial charge in [-0.2, -0.15) is 4.98 Å². The molecular formula is C16H27N3O. The van der Waals surface area contributed by atoms with Crippen LogP contribution in [-0.4, -0.2) is 10.1 Å². The van der Waals surface area contributed by atoms with E-state index in [4.69, 9.17) is 15.2 Å². The first-order chi connectivity index (χ1) is 9.69. The number of nitrogens with zero attached hydrogens (tertiary/aromatic N) is 2. The predicted octanol–water partition coefficient (Wildman–Crippen LogP) is 3.80. The lowest BCUT2D eigenvalue weighted by atomic mass is 9.83. The summed E-state index contributed by atoms with van der Waals surface area (Å²) in [5, 5.41) is 4.28. The van der Waals surface area contributed by atoms with Gasteiger partial charge in [-0.3, -0.25) is 0 Å². The summed E-state index contributed by atoms with van der Waals surface area (Å²) in [6, 6.07) is 0. The number of aromatic nitrogens is 2. The van der Waals surface area contributed by atoms with E-state index in [0.717, 1.165) is 31.0 Å². The Morgan fingerprint density at radius 2 is 1.60 bits per heavy atom. The zero-order valence-corrected chi connectivity index (χ0v) is 12.7. The maximum absolute atomic E-state index is 6.59. The fraction of sp³-hybridized carbons (Fsp3) is 0.875. The minimum atomic E-state index is -0.355. The third-order valence-electron chi connectivity index (χ3n) is 5.56. The van der Waals surface area contributed by atoms with Crippen molar-refractivity contribution < 1.29 is 4.52 Å². The van der Waals surface area contributed by atoms with E-state index >= 15 is 0 Å². The average molecular weight is 277 g/mol. The third-order valence-corrected chi connectivity index (χ3v) is 5.56. The van der Waals surface area contributed by atoms with E-state index in [-0.39, 0.29) is 11.0 Å². The molecule has 1 aromatic heterocycles. The summed E-state index contributed by atoms with van der Waals surface area (Å²) < 4.78 is 5.66. The molecule has 4 heteroatoms. The van der Waals surface area contributed by atoms with E-state index in [1.54, 1.807) is 0 Å². The van der Waals surface area contributed by atoms with Gasteiger partial charge < -0.3 is 10.3 Å². The SMILES string of the molecule is CCC1(c2nc(C3(N)CCCCCC3)no2)CCCC1. The molecule has 2 fully saturated rings. The molecule has 20 heavy (non-hydrogen) atoms. The molecule has 1 heterocycles. The maximum atomic E-state index is 6.59. The molecular weight excluding hydrogens is 250 g/mol. The molecule has 0 unspecified atom stereocenters. The second kappa shape index (κ2) is 5.47. The van der Waals surface area contributed by atoms with Gasteiger partial charge in [-0.1, -0.05) is 50.6 Å². The topological polar surface area (TPSA) is 64.9 Å². The highest BCUT2D eigenvalue weighted by Crippen LogP contribution is 2.43. The summed E-state index contributed by atoms with van der Waals surface area (Å²) in [5.41, 5.74) is 6.37. The summed E-state index contributed by atoms with van der Waals surface area (Å²) in [6.07, 6.45) is 12.9. The quantitative estimate of drug-likeness (QED) is 0.853. The fourth-order valence-corrected chi connectivity index (χ4v) is 3.99. The van der Waals surface area contributed by atoms with Crippen LogP contribution in [0.5, 0.6) is 0 Å². The Hall–Kier alpha value is -0.900. The van der Waals surface area contributed by atoms with Crippen LogP contribution < -0.4 is 5.73 Å². The molecule has 4 nitrogen and oxygen atoms in total. The van der Waals surface area contributed by atoms with Crippen molar-refractivity contribution in [3.8, 4) is 0 Å². The first kappa shape index (κ1) is 14.1. The van der Waals surface area contributed by atoms with Gasteiger partial charge >= 0.3 is 0 Å². The number of hydrogen-bond donors (Lipinski definition) is 1. The minimum Gasteiger partial charge on any atom is -0.339 e. The van der Waals surface area contributed by atoms with Crippen molar-refractivity contribution in [2.24, 2.45) is 5.73 Å². The molecule has 0 aromatic carbocycles. The molecule has 0 atom stereocenters. The Balaban J connectivity index is 1.85. The number of nitrogens with two attached hydrogens (primary N) is 1. The van der Waals surface area contributed by atoms with Gasteiger partial charge in [0.05, 0.1) is 5.54 Å². The van der Waals surface area contributed by atoms with Gasteiger partial charge in [0.1, 0.15) is 0 Å². The monoisotopic (exact) mass is 277 g/mol. The van der Waals surface area contributed by atoms with Crippen LogP contribution in [0.1, 0.15) is 89.3 Å². The second-order valence-corrected chi connectivity index (χ2v) is 6.83. The highest BCUT2D eigenvalue weighted by Gasteiger charge is 2.41. The Bertz CT molecular complexity index is 440. The molecule has 2 aliphatic rings. The molecule has 0 saturated heterocycles. The van der Waals surface area contributed by atoms with Crippen molar-refractivity contribution >= 4 is 0 Å². The van der Waals surface area contributed by atoms with Gasteiger partial charge in [0.25, 0.3) is 0 Å². The molecule has 0 aliphatic heterocycles. The molecule has 0 spiro atoms. The van der Waals surface area contributed by atoms with E-state index < -0.39 is 0 Å². The Kier molecular flexibility index (Phi) is 3.85. The predicted molar refractivity (Wildman–Crippen MR) is 78.3 cm³/mol. The molecule has 2 aliphatic carbocycles. The van der Waals surface area contributed by atoms with Gasteiger partial charge in [-0.15, -0.1) is 0 Å². The standard InChI is InChI=1S/C16H27N3O/c1-2-15(9-7-8-10-15)14-18-13(19-20-14)16(17)11-5-3-4-6-12-16/h2-12,17H2,1H3. The van der Waals surface area contributed by atoms with Crippen LogP contribution in [0.15, 0.2) is 4.52 Å². The molecule has 0 bridgehead atoms. The number of rotatable bonds is 3. The van der Waals surface area contributed by atoms with Crippen LogP contribution in [-0.2, 0) is 11.0 Å². The van der Waals surface area contributed by atoms with E-state index in [9.17, 15) is 0 Å². The highest BCUT2D eigenvalue weighted by molar-refractivity contribution is 5.12. The third kappa shape index (κ3) is 2.39. The van der Waals surface area contributed by atoms with Crippen molar-refractivity contribution in [3.05, 3.63) is 11.7 Å². The molecule has 3 rings (SSSR count). The van der Waals surface area contributed by atoms with E-state index in [1.165, 1.54) is 51.4 Å². The minimum absolute atomic E-state index is 0.131. The Morgan fingerprint density at radius 1 is 1.00 bits per heavy atom. The maximum Gasteiger partial charge on any atom is 0.232 e. The van der Waals surface area contributed by atoms with Gasteiger partial charge in [-0.25, -0.2) is 0 Å². The zero-order valence-electron chi connectivity index (χ0n) is 12.7. The molecule has 2 N–H and O–H groups in total. The van der Waals surface area contributed by atoms with Crippen LogP contribution in [0.25, 0.3) is 0 Å². The van der Waals surface area contributed by atoms with Crippen molar-refractivity contribution in [1.29, 1.82) is 0 Å². The molecule has 1 aromatic rings. The second-order valence-electron chi connectivity index (χ2n) is 6.83. The van der Waals surface area contributed by atoms with Crippen molar-refractivity contribution in [2.45, 2.75) is 88.5 Å². The summed E-state index contributed by atoms with van der Waals surface area (Å²) in [6.45, 7) is 2.24. The first-order valence-electron chi connectivity index (χ1n) is 8.32. The van der Waals surface area contributed by atoms with Crippen molar-refractivity contribution in [2.75, 3.05) is 0 Å². The van der Waals surface area contributed by atoms with E-state index in [1.807, 2.05) is 0 Å². The van der Waals surface area contributed by atoms with Crippen molar-refractivity contribution in [3.63, 3.8) is 0 Å². The summed E-state index contributed by atoms with van der Waals surface area (Å²) in [5.74, 6) is 1.61. The smallest absolute Gasteiger partial charge is 0.232 e. The normalized spacial score (nSPS) is 25.5. The van der Waals surface area contributed by atoms with Crippen LogP contribution in [0.2, 0.25) is 0 Å². The number of hydrogen-bond acceptors (Lipinski definition) is 4. The van der Waals surface area contributed by atoms with Crippen LogP contribution in [0.4, 0.5) is 0 Å². The summed E-state index contributed by atoms with van der Waals surface area (Å²) >= 11 is 0. The van der Waals surface area contributed by atoms with Gasteiger partial charge in [0.15, 0.2) is 5.82 Å². The molecule has 0 radical (unpaired) electrons. The van der Waals surface area contributed by atoms with E-state index in [0.29, 0.717) is 0 Å². The molecule has 112 valence electrons. The lowest BCUT2D eigenvalue weighted by Gasteiger charge is -2.24. The summed E-state index contributed by atoms with van der Waals surface area (Å²) in [4.78, 5) is 4.77. The van der Waals surface area contributed by atoms with Gasteiger partial charge in [-0.05, 0) is 32.1 Å². The van der Waals surface area contributed by atoms with Crippen LogP contribution >= 0.6 is 0 Å². The lowest BCUT2D eigenvalue weighted by Crippen LogP contribution is -2.37. The zero-order chi connectivity index (χ0) is 14.1. The molecule has 0 amide bonds.